The molecule has 0 fully saturated rings. The maximum Gasteiger partial charge on any atom is 0.150 e. The number of rotatable bonds is 4. The van der Waals surface area contributed by atoms with Crippen molar-refractivity contribution >= 4 is 46.5 Å². The molecule has 0 aliphatic carbocycles. The summed E-state index contributed by atoms with van der Waals surface area (Å²) in [4.78, 5) is 23.2. The Hall–Kier alpha value is -0.510. The van der Waals surface area contributed by atoms with Crippen LogP contribution in [0.5, 0.6) is 0 Å². The molecule has 0 radical (unpaired) electrons. The van der Waals surface area contributed by atoms with Crippen molar-refractivity contribution in [3.63, 3.8) is 0 Å². The average Bonchev–Trinajstić information content (AvgIpc) is 2.11. The minimum atomic E-state index is -0.686. The van der Waals surface area contributed by atoms with Crippen molar-refractivity contribution in [2.45, 2.75) is 24.0 Å². The highest BCUT2D eigenvalue weighted by molar-refractivity contribution is 8.01. The van der Waals surface area contributed by atoms with Gasteiger partial charge in [0.15, 0.2) is 11.6 Å². The standard InChI is InChI=1S/C11H10Cl2O2S/c1-6(14)11(7(2)15)16-10-4-8(12)3-9(13)5-10/h3-5,11H,1-2H3. The molecule has 0 saturated heterocycles. The van der Waals surface area contributed by atoms with Crippen LogP contribution in [0.3, 0.4) is 0 Å². The highest BCUT2D eigenvalue weighted by Crippen LogP contribution is 2.30. The zero-order chi connectivity index (χ0) is 12.3. The lowest BCUT2D eigenvalue weighted by molar-refractivity contribution is -0.123. The minimum Gasteiger partial charge on any atom is -0.298 e. The van der Waals surface area contributed by atoms with Gasteiger partial charge in [-0.05, 0) is 32.0 Å². The fraction of sp³-hybridized carbons (Fsp3) is 0.273. The number of hydrogen-bond acceptors (Lipinski definition) is 3. The van der Waals surface area contributed by atoms with Crippen molar-refractivity contribution in [2.75, 3.05) is 0 Å². The van der Waals surface area contributed by atoms with Crippen molar-refractivity contribution < 1.29 is 9.59 Å². The van der Waals surface area contributed by atoms with Crippen molar-refractivity contribution in [2.24, 2.45) is 0 Å². The van der Waals surface area contributed by atoms with Crippen molar-refractivity contribution in [3.05, 3.63) is 28.2 Å². The lowest BCUT2D eigenvalue weighted by atomic mass is 10.2. The smallest absolute Gasteiger partial charge is 0.150 e. The maximum atomic E-state index is 11.3. The van der Waals surface area contributed by atoms with Gasteiger partial charge in [-0.25, -0.2) is 0 Å². The predicted octanol–water partition coefficient (Wildman–Crippen LogP) is 3.63. The van der Waals surface area contributed by atoms with Gasteiger partial charge in [-0.2, -0.15) is 0 Å². The molecule has 86 valence electrons. The van der Waals surface area contributed by atoms with Crippen LogP contribution in [0.15, 0.2) is 23.1 Å². The second kappa shape index (κ2) is 5.71. The molecule has 0 bridgehead atoms. The molecule has 1 aromatic rings. The quantitative estimate of drug-likeness (QED) is 0.622. The van der Waals surface area contributed by atoms with Crippen LogP contribution in [0.4, 0.5) is 0 Å². The van der Waals surface area contributed by atoms with Crippen molar-refractivity contribution in [1.82, 2.24) is 0 Å². The van der Waals surface area contributed by atoms with Gasteiger partial charge in [-0.1, -0.05) is 23.2 Å². The highest BCUT2D eigenvalue weighted by atomic mass is 35.5. The van der Waals surface area contributed by atoms with Gasteiger partial charge in [0.2, 0.25) is 0 Å². The van der Waals surface area contributed by atoms with Gasteiger partial charge in [0, 0.05) is 14.9 Å². The first-order valence-electron chi connectivity index (χ1n) is 4.54. The van der Waals surface area contributed by atoms with E-state index in [4.69, 9.17) is 23.2 Å². The molecular formula is C11H10Cl2O2S. The average molecular weight is 277 g/mol. The number of hydrogen-bond donors (Lipinski definition) is 0. The molecule has 0 unspecified atom stereocenters. The van der Waals surface area contributed by atoms with Crippen LogP contribution in [-0.2, 0) is 9.59 Å². The van der Waals surface area contributed by atoms with Gasteiger partial charge in [0.1, 0.15) is 5.25 Å². The summed E-state index contributed by atoms with van der Waals surface area (Å²) in [5.74, 6) is -0.345. The number of thioether (sulfide) groups is 1. The zero-order valence-electron chi connectivity index (χ0n) is 8.79. The molecule has 16 heavy (non-hydrogen) atoms. The Labute approximate surface area is 108 Å². The number of benzene rings is 1. The molecule has 5 heteroatoms. The van der Waals surface area contributed by atoms with Crippen LogP contribution >= 0.6 is 35.0 Å². The summed E-state index contributed by atoms with van der Waals surface area (Å²) in [6.45, 7) is 2.79. The van der Waals surface area contributed by atoms with Crippen LogP contribution < -0.4 is 0 Å². The van der Waals surface area contributed by atoms with Crippen molar-refractivity contribution in [3.8, 4) is 0 Å². The number of carbonyl (C=O) groups excluding carboxylic acids is 2. The summed E-state index contributed by atoms with van der Waals surface area (Å²) < 4.78 is 0. The van der Waals surface area contributed by atoms with Crippen LogP contribution in [0, 0.1) is 0 Å². The van der Waals surface area contributed by atoms with Gasteiger partial charge in [0.25, 0.3) is 0 Å². The third-order valence-corrected chi connectivity index (χ3v) is 3.67. The highest BCUT2D eigenvalue weighted by Gasteiger charge is 2.20. The summed E-state index contributed by atoms with van der Waals surface area (Å²) in [7, 11) is 0. The molecule has 0 atom stereocenters. The Bertz CT molecular complexity index is 398. The molecule has 0 aliphatic heterocycles. The minimum absolute atomic E-state index is 0.173. The Balaban J connectivity index is 2.93. The predicted molar refractivity (Wildman–Crippen MR) is 67.5 cm³/mol. The van der Waals surface area contributed by atoms with Gasteiger partial charge in [-0.3, -0.25) is 9.59 Å². The molecule has 0 heterocycles. The largest absolute Gasteiger partial charge is 0.298 e. The van der Waals surface area contributed by atoms with E-state index >= 15 is 0 Å². The summed E-state index contributed by atoms with van der Waals surface area (Å²) >= 11 is 12.8. The van der Waals surface area contributed by atoms with E-state index in [2.05, 4.69) is 0 Å². The molecule has 0 spiro atoms. The fourth-order valence-corrected chi connectivity index (χ4v) is 2.83. The summed E-state index contributed by atoms with van der Waals surface area (Å²) in [5, 5.41) is 0.288. The third-order valence-electron chi connectivity index (χ3n) is 1.83. The van der Waals surface area contributed by atoms with Crippen LogP contribution in [0.1, 0.15) is 13.8 Å². The molecule has 0 saturated carbocycles. The summed E-state index contributed by atoms with van der Waals surface area (Å²) in [5.41, 5.74) is 0. The Kier molecular flexibility index (Phi) is 4.84. The Morgan fingerprint density at radius 3 is 1.88 bits per heavy atom. The van der Waals surface area contributed by atoms with Crippen molar-refractivity contribution in [1.29, 1.82) is 0 Å². The lowest BCUT2D eigenvalue weighted by Gasteiger charge is -2.10. The van der Waals surface area contributed by atoms with Crippen LogP contribution in [0.2, 0.25) is 10.0 Å². The van der Waals surface area contributed by atoms with E-state index in [0.717, 1.165) is 0 Å². The molecule has 0 aliphatic rings. The SMILES string of the molecule is CC(=O)C(Sc1cc(Cl)cc(Cl)c1)C(C)=O. The molecule has 0 aromatic heterocycles. The van der Waals surface area contributed by atoms with E-state index < -0.39 is 5.25 Å². The number of carbonyl (C=O) groups is 2. The molecule has 1 aromatic carbocycles. The van der Waals surface area contributed by atoms with E-state index in [9.17, 15) is 9.59 Å². The second-order valence-electron chi connectivity index (χ2n) is 3.32. The molecule has 1 rings (SSSR count). The number of Topliss-reactive ketones (excluding diaryl/α,β-unsaturated/α-hetero) is 2. The van der Waals surface area contributed by atoms with E-state index in [1.54, 1.807) is 18.2 Å². The number of halogens is 2. The molecule has 2 nitrogen and oxygen atoms in total. The van der Waals surface area contributed by atoms with Gasteiger partial charge in [0.05, 0.1) is 0 Å². The van der Waals surface area contributed by atoms with Gasteiger partial charge >= 0.3 is 0 Å². The molecule has 0 N–H and O–H groups in total. The zero-order valence-corrected chi connectivity index (χ0v) is 11.1. The first kappa shape index (κ1) is 13.6. The fourth-order valence-electron chi connectivity index (χ4n) is 1.18. The monoisotopic (exact) mass is 276 g/mol. The van der Waals surface area contributed by atoms with Gasteiger partial charge < -0.3 is 0 Å². The number of ketones is 2. The first-order valence-corrected chi connectivity index (χ1v) is 6.17. The molecule has 0 amide bonds. The summed E-state index contributed by atoms with van der Waals surface area (Å²) in [6, 6.07) is 4.96. The van der Waals surface area contributed by atoms with Gasteiger partial charge in [-0.15, -0.1) is 11.8 Å². The summed E-state index contributed by atoms with van der Waals surface area (Å²) in [6.07, 6.45) is 0. The van der Waals surface area contributed by atoms with E-state index in [1.807, 2.05) is 0 Å². The van der Waals surface area contributed by atoms with E-state index in [-0.39, 0.29) is 11.6 Å². The van der Waals surface area contributed by atoms with Crippen LogP contribution in [-0.4, -0.2) is 16.8 Å². The second-order valence-corrected chi connectivity index (χ2v) is 5.38. The molecular weight excluding hydrogens is 267 g/mol. The lowest BCUT2D eigenvalue weighted by Crippen LogP contribution is -2.21. The maximum absolute atomic E-state index is 11.3. The Morgan fingerprint density at radius 2 is 1.50 bits per heavy atom. The van der Waals surface area contributed by atoms with E-state index in [1.165, 1.54) is 25.6 Å². The first-order chi connectivity index (χ1) is 7.40. The third kappa shape index (κ3) is 3.81. The Morgan fingerprint density at radius 1 is 1.06 bits per heavy atom. The normalized spacial score (nSPS) is 10.6. The van der Waals surface area contributed by atoms with E-state index in [0.29, 0.717) is 14.9 Å². The van der Waals surface area contributed by atoms with Crippen LogP contribution in [0.25, 0.3) is 0 Å². The topological polar surface area (TPSA) is 34.1 Å².